The number of aldehydes is 1. The van der Waals surface area contributed by atoms with Gasteiger partial charge in [-0.05, 0) is 18.8 Å². The Bertz CT molecular complexity index is 162. The maximum Gasteiger partial charge on any atom is 0.248 e. The molecule has 0 aromatic carbocycles. The van der Waals surface area contributed by atoms with Crippen molar-refractivity contribution in [2.24, 2.45) is 11.7 Å². The fourth-order valence-corrected chi connectivity index (χ4v) is 1.56. The number of alkyl halides is 2. The van der Waals surface area contributed by atoms with Crippen LogP contribution in [0.15, 0.2) is 0 Å². The minimum Gasteiger partial charge on any atom is -0.322 e. The van der Waals surface area contributed by atoms with Crippen LogP contribution in [0.3, 0.4) is 0 Å². The number of hydrogen-bond acceptors (Lipinski definition) is 2. The molecule has 4 heteroatoms. The van der Waals surface area contributed by atoms with Crippen molar-refractivity contribution in [1.82, 2.24) is 0 Å². The highest BCUT2D eigenvalue weighted by atomic mass is 19.3. The first-order valence-electron chi connectivity index (χ1n) is 4.14. The second kappa shape index (κ2) is 3.47. The summed E-state index contributed by atoms with van der Waals surface area (Å²) in [5.41, 5.74) is 5.42. The van der Waals surface area contributed by atoms with Gasteiger partial charge >= 0.3 is 0 Å². The number of halogens is 2. The molecule has 0 bridgehead atoms. The summed E-state index contributed by atoms with van der Waals surface area (Å²) < 4.78 is 25.2. The molecular weight excluding hydrogens is 164 g/mol. The third kappa shape index (κ3) is 2.24. The molecule has 0 aromatic heterocycles. The van der Waals surface area contributed by atoms with E-state index >= 15 is 0 Å². The van der Waals surface area contributed by atoms with Gasteiger partial charge in [-0.1, -0.05) is 0 Å². The largest absolute Gasteiger partial charge is 0.322 e. The van der Waals surface area contributed by atoms with Crippen LogP contribution in [0.25, 0.3) is 0 Å². The van der Waals surface area contributed by atoms with E-state index in [4.69, 9.17) is 5.73 Å². The molecule has 0 heterocycles. The van der Waals surface area contributed by atoms with Gasteiger partial charge in [0.05, 0.1) is 6.04 Å². The van der Waals surface area contributed by atoms with Crippen molar-refractivity contribution < 1.29 is 13.6 Å². The summed E-state index contributed by atoms with van der Waals surface area (Å²) in [6, 6.07) is -0.555. The quantitative estimate of drug-likeness (QED) is 0.647. The van der Waals surface area contributed by atoms with Gasteiger partial charge in [0, 0.05) is 12.8 Å². The van der Waals surface area contributed by atoms with Gasteiger partial charge in [0.15, 0.2) is 0 Å². The SMILES string of the molecule is NC(C=O)C1CCC(F)(F)CC1. The van der Waals surface area contributed by atoms with Gasteiger partial charge < -0.3 is 10.5 Å². The van der Waals surface area contributed by atoms with Gasteiger partial charge in [-0.3, -0.25) is 0 Å². The van der Waals surface area contributed by atoms with Crippen LogP contribution in [0.1, 0.15) is 25.7 Å². The van der Waals surface area contributed by atoms with E-state index in [0.29, 0.717) is 19.1 Å². The summed E-state index contributed by atoms with van der Waals surface area (Å²) in [7, 11) is 0. The summed E-state index contributed by atoms with van der Waals surface area (Å²) in [6.45, 7) is 0. The van der Waals surface area contributed by atoms with Crippen molar-refractivity contribution >= 4 is 6.29 Å². The summed E-state index contributed by atoms with van der Waals surface area (Å²) in [5.74, 6) is -2.57. The molecule has 0 aromatic rings. The molecule has 1 saturated carbocycles. The molecule has 1 rings (SSSR count). The number of carbonyl (C=O) groups is 1. The predicted octanol–water partition coefficient (Wildman–Crippen LogP) is 1.34. The Hall–Kier alpha value is -0.510. The van der Waals surface area contributed by atoms with E-state index < -0.39 is 12.0 Å². The zero-order valence-electron chi connectivity index (χ0n) is 6.80. The zero-order chi connectivity index (χ0) is 9.19. The average Bonchev–Trinajstić information content (AvgIpc) is 2.03. The van der Waals surface area contributed by atoms with Crippen molar-refractivity contribution in [3.8, 4) is 0 Å². The standard InChI is InChI=1S/C8H13F2NO/c9-8(10)3-1-6(2-4-8)7(11)5-12/h5-7H,1-4,11H2. The fourth-order valence-electron chi connectivity index (χ4n) is 1.56. The van der Waals surface area contributed by atoms with E-state index in [1.807, 2.05) is 0 Å². The molecule has 1 aliphatic carbocycles. The number of rotatable bonds is 2. The summed E-state index contributed by atoms with van der Waals surface area (Å²) in [5, 5.41) is 0. The lowest BCUT2D eigenvalue weighted by Crippen LogP contribution is -2.37. The Morgan fingerprint density at radius 3 is 2.33 bits per heavy atom. The Balaban J connectivity index is 2.40. The van der Waals surface area contributed by atoms with E-state index in [1.54, 1.807) is 0 Å². The van der Waals surface area contributed by atoms with Crippen molar-refractivity contribution in [1.29, 1.82) is 0 Å². The average molecular weight is 177 g/mol. The lowest BCUT2D eigenvalue weighted by molar-refractivity contribution is -0.111. The molecule has 1 unspecified atom stereocenters. The lowest BCUT2D eigenvalue weighted by atomic mass is 9.83. The van der Waals surface area contributed by atoms with Crippen LogP contribution in [0.4, 0.5) is 8.78 Å². The second-order valence-electron chi connectivity index (χ2n) is 3.41. The van der Waals surface area contributed by atoms with Crippen molar-refractivity contribution in [3.05, 3.63) is 0 Å². The molecule has 2 nitrogen and oxygen atoms in total. The maximum atomic E-state index is 12.6. The first-order chi connectivity index (χ1) is 5.55. The van der Waals surface area contributed by atoms with Crippen LogP contribution in [0, 0.1) is 5.92 Å². The molecule has 1 fully saturated rings. The van der Waals surface area contributed by atoms with Crippen molar-refractivity contribution in [2.45, 2.75) is 37.6 Å². The van der Waals surface area contributed by atoms with Gasteiger partial charge in [-0.2, -0.15) is 0 Å². The van der Waals surface area contributed by atoms with Gasteiger partial charge in [-0.25, -0.2) is 8.78 Å². The maximum absolute atomic E-state index is 12.6. The van der Waals surface area contributed by atoms with Crippen LogP contribution in [0.5, 0.6) is 0 Å². The van der Waals surface area contributed by atoms with Gasteiger partial charge in [-0.15, -0.1) is 0 Å². The molecular formula is C8H13F2NO. The Labute approximate surface area is 70.1 Å². The highest BCUT2D eigenvalue weighted by molar-refractivity contribution is 5.57. The van der Waals surface area contributed by atoms with E-state index in [0.717, 1.165) is 0 Å². The second-order valence-corrected chi connectivity index (χ2v) is 3.41. The predicted molar refractivity (Wildman–Crippen MR) is 40.9 cm³/mol. The van der Waals surface area contributed by atoms with Crippen molar-refractivity contribution in [2.75, 3.05) is 0 Å². The number of hydrogen-bond donors (Lipinski definition) is 1. The molecule has 0 aliphatic heterocycles. The van der Waals surface area contributed by atoms with Gasteiger partial charge in [0.2, 0.25) is 5.92 Å². The van der Waals surface area contributed by atoms with E-state index in [9.17, 15) is 13.6 Å². The molecule has 0 radical (unpaired) electrons. The summed E-state index contributed by atoms with van der Waals surface area (Å²) in [6.07, 6.45) is 1.13. The lowest BCUT2D eigenvalue weighted by Gasteiger charge is -2.29. The smallest absolute Gasteiger partial charge is 0.248 e. The fraction of sp³-hybridized carbons (Fsp3) is 0.875. The summed E-state index contributed by atoms with van der Waals surface area (Å²) >= 11 is 0. The molecule has 0 saturated heterocycles. The highest BCUT2D eigenvalue weighted by Gasteiger charge is 2.36. The molecule has 70 valence electrons. The van der Waals surface area contributed by atoms with Gasteiger partial charge in [0.25, 0.3) is 0 Å². The van der Waals surface area contributed by atoms with E-state index in [1.165, 1.54) is 0 Å². The third-order valence-electron chi connectivity index (χ3n) is 2.46. The third-order valence-corrected chi connectivity index (χ3v) is 2.46. The van der Waals surface area contributed by atoms with Crippen molar-refractivity contribution in [3.63, 3.8) is 0 Å². The number of carbonyl (C=O) groups excluding carboxylic acids is 1. The monoisotopic (exact) mass is 177 g/mol. The van der Waals surface area contributed by atoms with Crippen LogP contribution >= 0.6 is 0 Å². The Morgan fingerprint density at radius 2 is 1.92 bits per heavy atom. The first-order valence-corrected chi connectivity index (χ1v) is 4.14. The topological polar surface area (TPSA) is 43.1 Å². The van der Waals surface area contributed by atoms with Gasteiger partial charge in [0.1, 0.15) is 6.29 Å². The Morgan fingerprint density at radius 1 is 1.42 bits per heavy atom. The molecule has 2 N–H and O–H groups in total. The zero-order valence-corrected chi connectivity index (χ0v) is 6.80. The normalized spacial score (nSPS) is 26.6. The Kier molecular flexibility index (Phi) is 2.77. The first kappa shape index (κ1) is 9.58. The summed E-state index contributed by atoms with van der Waals surface area (Å²) in [4.78, 5) is 10.3. The molecule has 1 atom stereocenters. The molecule has 1 aliphatic rings. The van der Waals surface area contributed by atoms with Crippen LogP contribution in [0.2, 0.25) is 0 Å². The minimum atomic E-state index is -2.53. The van der Waals surface area contributed by atoms with Crippen LogP contribution in [-0.2, 0) is 4.79 Å². The highest BCUT2D eigenvalue weighted by Crippen LogP contribution is 2.36. The van der Waals surface area contributed by atoms with Crippen LogP contribution in [-0.4, -0.2) is 18.3 Å². The van der Waals surface area contributed by atoms with E-state index in [-0.39, 0.29) is 18.8 Å². The molecule has 12 heavy (non-hydrogen) atoms. The minimum absolute atomic E-state index is 0.0397. The molecule has 0 spiro atoms. The molecule has 0 amide bonds. The van der Waals surface area contributed by atoms with E-state index in [2.05, 4.69) is 0 Å². The number of nitrogens with two attached hydrogens (primary N) is 1. The van der Waals surface area contributed by atoms with Crippen LogP contribution < -0.4 is 5.73 Å².